The van der Waals surface area contributed by atoms with Gasteiger partial charge in [0, 0.05) is 0 Å². The SMILES string of the molecule is O=C(OC[C@H]1O[C@@H](Oc2c(C(=O)O)ccc(O)c2O)[C@H](O)[C@@H](O)[C@@H]1O)c1cc(O)c(O)c(O)c1. The lowest BCUT2D eigenvalue weighted by atomic mass is 9.99. The van der Waals surface area contributed by atoms with E-state index in [-0.39, 0.29) is 5.56 Å². The van der Waals surface area contributed by atoms with E-state index >= 15 is 0 Å². The summed E-state index contributed by atoms with van der Waals surface area (Å²) in [6.45, 7) is -0.760. The van der Waals surface area contributed by atoms with Gasteiger partial charge in [-0.3, -0.25) is 0 Å². The van der Waals surface area contributed by atoms with Gasteiger partial charge in [-0.2, -0.15) is 0 Å². The smallest absolute Gasteiger partial charge is 0.339 e. The van der Waals surface area contributed by atoms with Gasteiger partial charge in [0.2, 0.25) is 12.0 Å². The van der Waals surface area contributed by atoms with Crippen LogP contribution >= 0.6 is 0 Å². The third kappa shape index (κ3) is 4.69. The number of aliphatic hydroxyl groups excluding tert-OH is 3. The summed E-state index contributed by atoms with van der Waals surface area (Å²) in [6.07, 6.45) is -9.15. The fourth-order valence-electron chi connectivity index (χ4n) is 3.08. The van der Waals surface area contributed by atoms with Crippen molar-refractivity contribution in [3.8, 4) is 34.5 Å². The predicted molar refractivity (Wildman–Crippen MR) is 106 cm³/mol. The number of ether oxygens (including phenoxy) is 3. The lowest BCUT2D eigenvalue weighted by Gasteiger charge is -2.40. The number of carboxylic acids is 1. The van der Waals surface area contributed by atoms with Crippen LogP contribution in [-0.2, 0) is 9.47 Å². The van der Waals surface area contributed by atoms with Crippen LogP contribution in [0.15, 0.2) is 24.3 Å². The maximum atomic E-state index is 12.2. The first-order valence-corrected chi connectivity index (χ1v) is 9.49. The number of phenolic OH excluding ortho intramolecular Hbond substituents is 5. The molecule has 0 amide bonds. The molecule has 0 saturated carbocycles. The van der Waals surface area contributed by atoms with E-state index in [4.69, 9.17) is 14.2 Å². The number of benzene rings is 2. The number of carbonyl (C=O) groups excluding carboxylic acids is 1. The Balaban J connectivity index is 1.78. The second kappa shape index (κ2) is 9.48. The molecule has 5 atom stereocenters. The Bertz CT molecular complexity index is 1080. The van der Waals surface area contributed by atoms with E-state index in [1.165, 1.54) is 0 Å². The van der Waals surface area contributed by atoms with Crippen molar-refractivity contribution in [3.05, 3.63) is 35.4 Å². The molecule has 34 heavy (non-hydrogen) atoms. The summed E-state index contributed by atoms with van der Waals surface area (Å²) in [5, 5.41) is 87.7. The molecule has 1 aliphatic heterocycles. The molecule has 0 bridgehead atoms. The quantitative estimate of drug-likeness (QED) is 0.176. The van der Waals surface area contributed by atoms with Gasteiger partial charge in [-0.1, -0.05) is 0 Å². The number of esters is 1. The highest BCUT2D eigenvalue weighted by molar-refractivity contribution is 5.92. The highest BCUT2D eigenvalue weighted by atomic mass is 16.7. The Morgan fingerprint density at radius 3 is 2.06 bits per heavy atom. The van der Waals surface area contributed by atoms with Gasteiger partial charge in [0.1, 0.15) is 36.6 Å². The van der Waals surface area contributed by atoms with Crippen molar-refractivity contribution in [2.75, 3.05) is 6.61 Å². The molecule has 184 valence electrons. The molecular formula is C20H20O14. The molecule has 1 heterocycles. The van der Waals surface area contributed by atoms with Crippen molar-refractivity contribution in [2.45, 2.75) is 30.7 Å². The van der Waals surface area contributed by atoms with E-state index < -0.39 is 89.3 Å². The molecule has 0 aromatic heterocycles. The van der Waals surface area contributed by atoms with E-state index in [0.29, 0.717) is 0 Å². The minimum atomic E-state index is -1.96. The van der Waals surface area contributed by atoms with Gasteiger partial charge in [0.05, 0.1) is 5.56 Å². The normalized spacial score (nSPS) is 24.4. The minimum absolute atomic E-state index is 0.387. The van der Waals surface area contributed by atoms with Gasteiger partial charge in [0.25, 0.3) is 0 Å². The first-order valence-electron chi connectivity index (χ1n) is 9.49. The molecule has 0 spiro atoms. The Hall–Kier alpha value is -3.98. The molecule has 2 aromatic rings. The fourth-order valence-corrected chi connectivity index (χ4v) is 3.08. The van der Waals surface area contributed by atoms with Crippen LogP contribution in [0.5, 0.6) is 34.5 Å². The number of rotatable bonds is 6. The van der Waals surface area contributed by atoms with Crippen LogP contribution in [0, 0.1) is 0 Å². The van der Waals surface area contributed by atoms with Crippen LogP contribution in [0.25, 0.3) is 0 Å². The Kier molecular flexibility index (Phi) is 6.88. The molecule has 3 rings (SSSR count). The van der Waals surface area contributed by atoms with Crippen LogP contribution in [0.3, 0.4) is 0 Å². The Morgan fingerprint density at radius 2 is 1.47 bits per heavy atom. The maximum Gasteiger partial charge on any atom is 0.339 e. The first kappa shape index (κ1) is 24.7. The maximum absolute atomic E-state index is 12.2. The molecule has 14 heteroatoms. The van der Waals surface area contributed by atoms with Gasteiger partial charge in [0.15, 0.2) is 28.7 Å². The van der Waals surface area contributed by atoms with E-state index in [1.807, 2.05) is 0 Å². The third-order valence-corrected chi connectivity index (χ3v) is 4.93. The van der Waals surface area contributed by atoms with Crippen LogP contribution < -0.4 is 4.74 Å². The molecule has 0 unspecified atom stereocenters. The van der Waals surface area contributed by atoms with E-state index in [0.717, 1.165) is 24.3 Å². The highest BCUT2D eigenvalue weighted by Crippen LogP contribution is 2.40. The minimum Gasteiger partial charge on any atom is -0.504 e. The lowest BCUT2D eigenvalue weighted by Crippen LogP contribution is -2.60. The van der Waals surface area contributed by atoms with Crippen molar-refractivity contribution in [2.24, 2.45) is 0 Å². The van der Waals surface area contributed by atoms with E-state index in [2.05, 4.69) is 0 Å². The number of carboxylic acid groups (broad SMARTS) is 1. The van der Waals surface area contributed by atoms with Gasteiger partial charge < -0.3 is 60.2 Å². The molecule has 0 radical (unpaired) electrons. The van der Waals surface area contributed by atoms with Gasteiger partial charge in [-0.15, -0.1) is 0 Å². The average Bonchev–Trinajstić information content (AvgIpc) is 2.79. The van der Waals surface area contributed by atoms with Crippen molar-refractivity contribution >= 4 is 11.9 Å². The molecule has 14 nitrogen and oxygen atoms in total. The summed E-state index contributed by atoms with van der Waals surface area (Å²) in [4.78, 5) is 23.6. The molecule has 9 N–H and O–H groups in total. The van der Waals surface area contributed by atoms with Crippen LogP contribution in [0.4, 0.5) is 0 Å². The van der Waals surface area contributed by atoms with Crippen LogP contribution in [0.1, 0.15) is 20.7 Å². The zero-order chi connectivity index (χ0) is 25.3. The van der Waals surface area contributed by atoms with E-state index in [1.54, 1.807) is 0 Å². The summed E-state index contributed by atoms with van der Waals surface area (Å²) in [5.74, 6) is -7.74. The monoisotopic (exact) mass is 484 g/mol. The first-order chi connectivity index (χ1) is 15.9. The third-order valence-electron chi connectivity index (χ3n) is 4.93. The fraction of sp³-hybridized carbons (Fsp3) is 0.300. The second-order valence-electron chi connectivity index (χ2n) is 7.21. The average molecular weight is 484 g/mol. The highest BCUT2D eigenvalue weighted by Gasteiger charge is 2.46. The summed E-state index contributed by atoms with van der Waals surface area (Å²) in [5.41, 5.74) is -1.01. The van der Waals surface area contributed by atoms with Gasteiger partial charge in [-0.25, -0.2) is 9.59 Å². The zero-order valence-corrected chi connectivity index (χ0v) is 17.0. The van der Waals surface area contributed by atoms with Crippen molar-refractivity contribution < 1.29 is 69.8 Å². The standard InChI is InChI=1S/C20H20O14/c21-8-2-1-7(18(29)30)17(13(8)25)34-20-16(28)15(27)14(26)11(33-20)5-32-19(31)6-3-9(22)12(24)10(23)4-6/h1-4,11,14-16,20-28H,5H2,(H,29,30)/t11-,14-,15+,16-,20+/m1/s1. The van der Waals surface area contributed by atoms with Gasteiger partial charge in [-0.05, 0) is 24.3 Å². The molecule has 1 aliphatic rings. The van der Waals surface area contributed by atoms with Crippen molar-refractivity contribution in [3.63, 3.8) is 0 Å². The second-order valence-corrected chi connectivity index (χ2v) is 7.21. The lowest BCUT2D eigenvalue weighted by molar-refractivity contribution is -0.277. The van der Waals surface area contributed by atoms with Gasteiger partial charge >= 0.3 is 11.9 Å². The predicted octanol–water partition coefficient (Wildman–Crippen LogP) is -1.04. The van der Waals surface area contributed by atoms with Crippen LogP contribution in [0.2, 0.25) is 0 Å². The summed E-state index contributed by atoms with van der Waals surface area (Å²) >= 11 is 0. The topological polar surface area (TPSA) is 244 Å². The Labute approximate surface area is 189 Å². The molecular weight excluding hydrogens is 464 g/mol. The number of hydrogen-bond donors (Lipinski definition) is 9. The number of aliphatic hydroxyl groups is 3. The molecule has 2 aromatic carbocycles. The molecule has 1 fully saturated rings. The van der Waals surface area contributed by atoms with E-state index in [9.17, 15) is 55.5 Å². The van der Waals surface area contributed by atoms with Crippen molar-refractivity contribution in [1.29, 1.82) is 0 Å². The molecule has 1 saturated heterocycles. The number of aromatic hydroxyl groups is 5. The van der Waals surface area contributed by atoms with Crippen molar-refractivity contribution in [1.82, 2.24) is 0 Å². The summed E-state index contributed by atoms with van der Waals surface area (Å²) < 4.78 is 15.4. The summed E-state index contributed by atoms with van der Waals surface area (Å²) in [7, 11) is 0. The number of phenols is 5. The summed E-state index contributed by atoms with van der Waals surface area (Å²) in [6, 6.07) is 3.36. The number of carbonyl (C=O) groups is 2. The number of hydrogen-bond acceptors (Lipinski definition) is 13. The zero-order valence-electron chi connectivity index (χ0n) is 17.0. The van der Waals surface area contributed by atoms with Crippen LogP contribution in [-0.4, -0.2) is 95.2 Å². The number of aromatic carboxylic acids is 1. The Morgan fingerprint density at radius 1 is 0.853 bits per heavy atom. The molecule has 0 aliphatic carbocycles. The largest absolute Gasteiger partial charge is 0.504 e.